The molecule has 70 valence electrons. The maximum Gasteiger partial charge on any atom is 0.140 e. The smallest absolute Gasteiger partial charge is 0.140 e. The number of carbonyl (C=O) groups is 1. The minimum Gasteiger partial charge on any atom is -0.330 e. The van der Waals surface area contributed by atoms with Crippen LogP contribution in [-0.4, -0.2) is 15.3 Å². The van der Waals surface area contributed by atoms with Gasteiger partial charge in [-0.3, -0.25) is 4.79 Å². The van der Waals surface area contributed by atoms with Gasteiger partial charge in [0.2, 0.25) is 0 Å². The molecule has 1 aliphatic rings. The first-order chi connectivity index (χ1) is 6.22. The Labute approximate surface area is 85.3 Å². The monoisotopic (exact) mass is 242 g/mol. The molecule has 13 heavy (non-hydrogen) atoms. The Kier molecular flexibility index (Phi) is 2.24. The summed E-state index contributed by atoms with van der Waals surface area (Å²) in [5.74, 6) is 1.39. The van der Waals surface area contributed by atoms with Crippen LogP contribution in [0.5, 0.6) is 0 Å². The summed E-state index contributed by atoms with van der Waals surface area (Å²) in [6.07, 6.45) is 2.11. The van der Waals surface area contributed by atoms with Crippen molar-refractivity contribution in [3.8, 4) is 0 Å². The van der Waals surface area contributed by atoms with E-state index >= 15 is 0 Å². The summed E-state index contributed by atoms with van der Waals surface area (Å²) < 4.78 is 3.00. The minimum absolute atomic E-state index is 0.316. The summed E-state index contributed by atoms with van der Waals surface area (Å²) in [6, 6.07) is 0. The van der Waals surface area contributed by atoms with Crippen LogP contribution in [-0.2, 0) is 24.2 Å². The summed E-state index contributed by atoms with van der Waals surface area (Å²) >= 11 is 3.39. The van der Waals surface area contributed by atoms with Crippen LogP contribution < -0.4 is 0 Å². The highest BCUT2D eigenvalue weighted by molar-refractivity contribution is 9.10. The first-order valence-electron chi connectivity index (χ1n) is 4.48. The standard InChI is InChI=1S/C9H11BrN2O/c1-2-8-11-9(10)7-5-6(13)3-4-12(7)8/h2-5H2,1H3. The Morgan fingerprint density at radius 1 is 1.62 bits per heavy atom. The SMILES string of the molecule is CCc1nc(Br)c2n1CCC(=O)C2. The third kappa shape index (κ3) is 1.43. The van der Waals surface area contributed by atoms with E-state index in [0.29, 0.717) is 18.6 Å². The summed E-state index contributed by atoms with van der Waals surface area (Å²) in [5.41, 5.74) is 1.05. The second-order valence-corrected chi connectivity index (χ2v) is 3.99. The van der Waals surface area contributed by atoms with Crippen LogP contribution in [0.15, 0.2) is 4.60 Å². The highest BCUT2D eigenvalue weighted by Crippen LogP contribution is 2.23. The summed E-state index contributed by atoms with van der Waals surface area (Å²) in [5, 5.41) is 0. The van der Waals surface area contributed by atoms with Crippen LogP contribution in [0.25, 0.3) is 0 Å². The summed E-state index contributed by atoms with van der Waals surface area (Å²) in [4.78, 5) is 15.6. The van der Waals surface area contributed by atoms with Gasteiger partial charge in [-0.25, -0.2) is 4.98 Å². The largest absolute Gasteiger partial charge is 0.330 e. The Morgan fingerprint density at radius 2 is 2.38 bits per heavy atom. The predicted molar refractivity (Wildman–Crippen MR) is 52.6 cm³/mol. The number of aryl methyl sites for hydroxylation is 1. The van der Waals surface area contributed by atoms with E-state index in [4.69, 9.17) is 0 Å². The number of fused-ring (bicyclic) bond motifs is 1. The van der Waals surface area contributed by atoms with Crippen molar-refractivity contribution < 1.29 is 4.79 Å². The van der Waals surface area contributed by atoms with Gasteiger partial charge in [-0.1, -0.05) is 6.92 Å². The van der Waals surface area contributed by atoms with E-state index in [2.05, 4.69) is 32.4 Å². The highest BCUT2D eigenvalue weighted by Gasteiger charge is 2.21. The van der Waals surface area contributed by atoms with E-state index in [1.165, 1.54) is 0 Å². The lowest BCUT2D eigenvalue weighted by Crippen LogP contribution is -2.19. The van der Waals surface area contributed by atoms with Crippen LogP contribution in [0.4, 0.5) is 0 Å². The molecule has 0 fully saturated rings. The topological polar surface area (TPSA) is 34.9 Å². The number of aromatic nitrogens is 2. The van der Waals surface area contributed by atoms with Gasteiger partial charge in [-0.15, -0.1) is 0 Å². The molecule has 0 saturated heterocycles. The molecule has 2 heterocycles. The Hall–Kier alpha value is -0.640. The van der Waals surface area contributed by atoms with Crippen molar-refractivity contribution >= 4 is 21.7 Å². The number of Topliss-reactive ketones (excluding diaryl/α,β-unsaturated/α-hetero) is 1. The van der Waals surface area contributed by atoms with E-state index in [0.717, 1.165) is 29.1 Å². The number of rotatable bonds is 1. The lowest BCUT2D eigenvalue weighted by Gasteiger charge is -2.15. The van der Waals surface area contributed by atoms with Crippen molar-refractivity contribution in [2.75, 3.05) is 0 Å². The maximum absolute atomic E-state index is 11.2. The quantitative estimate of drug-likeness (QED) is 0.752. The molecule has 0 spiro atoms. The van der Waals surface area contributed by atoms with Crippen molar-refractivity contribution in [3.63, 3.8) is 0 Å². The molecule has 1 aromatic rings. The molecule has 0 aliphatic carbocycles. The fourth-order valence-electron chi connectivity index (χ4n) is 1.72. The second-order valence-electron chi connectivity index (χ2n) is 3.24. The average molecular weight is 243 g/mol. The van der Waals surface area contributed by atoms with Crippen LogP contribution in [0.2, 0.25) is 0 Å². The lowest BCUT2D eigenvalue weighted by molar-refractivity contribution is -0.119. The van der Waals surface area contributed by atoms with Crippen molar-refractivity contribution in [1.82, 2.24) is 9.55 Å². The van der Waals surface area contributed by atoms with Gasteiger partial charge >= 0.3 is 0 Å². The average Bonchev–Trinajstić information content (AvgIpc) is 2.43. The van der Waals surface area contributed by atoms with Crippen LogP contribution in [0, 0.1) is 0 Å². The van der Waals surface area contributed by atoms with Gasteiger partial charge in [0.1, 0.15) is 16.2 Å². The Morgan fingerprint density at radius 3 is 3.08 bits per heavy atom. The molecule has 0 amide bonds. The van der Waals surface area contributed by atoms with Gasteiger partial charge in [0.25, 0.3) is 0 Å². The van der Waals surface area contributed by atoms with Crippen molar-refractivity contribution in [1.29, 1.82) is 0 Å². The number of halogens is 1. The van der Waals surface area contributed by atoms with Gasteiger partial charge in [0.05, 0.1) is 5.69 Å². The number of imidazole rings is 1. The normalized spacial score (nSPS) is 16.0. The first-order valence-corrected chi connectivity index (χ1v) is 5.27. The molecule has 0 unspecified atom stereocenters. The van der Waals surface area contributed by atoms with Crippen LogP contribution in [0.3, 0.4) is 0 Å². The molecule has 3 nitrogen and oxygen atoms in total. The van der Waals surface area contributed by atoms with Crippen LogP contribution >= 0.6 is 15.9 Å². The van der Waals surface area contributed by atoms with Crippen molar-refractivity contribution in [3.05, 3.63) is 16.1 Å². The molecule has 4 heteroatoms. The summed E-state index contributed by atoms with van der Waals surface area (Å²) in [7, 11) is 0. The van der Waals surface area contributed by atoms with Crippen molar-refractivity contribution in [2.45, 2.75) is 32.7 Å². The predicted octanol–water partition coefficient (Wildman–Crippen LogP) is 1.72. The number of hydrogen-bond donors (Lipinski definition) is 0. The van der Waals surface area contributed by atoms with E-state index in [1.807, 2.05) is 0 Å². The lowest BCUT2D eigenvalue weighted by atomic mass is 10.1. The Balaban J connectivity index is 2.47. The molecule has 0 radical (unpaired) electrons. The van der Waals surface area contributed by atoms with Gasteiger partial charge in [0, 0.05) is 25.8 Å². The van der Waals surface area contributed by atoms with Gasteiger partial charge in [0.15, 0.2) is 0 Å². The maximum atomic E-state index is 11.2. The van der Waals surface area contributed by atoms with Crippen LogP contribution in [0.1, 0.15) is 24.9 Å². The summed E-state index contributed by atoms with van der Waals surface area (Å²) in [6.45, 7) is 2.88. The molecular formula is C9H11BrN2O. The van der Waals surface area contributed by atoms with Gasteiger partial charge in [-0.05, 0) is 15.9 Å². The van der Waals surface area contributed by atoms with E-state index in [1.54, 1.807) is 0 Å². The molecule has 0 atom stereocenters. The first kappa shape index (κ1) is 8.94. The molecule has 0 N–H and O–H groups in total. The third-order valence-corrected chi connectivity index (χ3v) is 3.03. The molecule has 1 aliphatic heterocycles. The van der Waals surface area contributed by atoms with Gasteiger partial charge in [-0.2, -0.15) is 0 Å². The molecule has 0 saturated carbocycles. The Bertz CT molecular complexity index is 357. The molecule has 2 rings (SSSR count). The van der Waals surface area contributed by atoms with E-state index < -0.39 is 0 Å². The minimum atomic E-state index is 0.316. The van der Waals surface area contributed by atoms with E-state index in [-0.39, 0.29) is 0 Å². The fourth-order valence-corrected chi connectivity index (χ4v) is 2.28. The zero-order chi connectivity index (χ0) is 9.42. The molecule has 1 aromatic heterocycles. The number of hydrogen-bond acceptors (Lipinski definition) is 2. The molecule has 0 bridgehead atoms. The van der Waals surface area contributed by atoms with Gasteiger partial charge < -0.3 is 4.57 Å². The zero-order valence-corrected chi connectivity index (χ0v) is 9.10. The zero-order valence-electron chi connectivity index (χ0n) is 7.51. The fraction of sp³-hybridized carbons (Fsp3) is 0.556. The number of carbonyl (C=O) groups excluding carboxylic acids is 1. The van der Waals surface area contributed by atoms with Crippen molar-refractivity contribution in [2.24, 2.45) is 0 Å². The molecular weight excluding hydrogens is 232 g/mol. The highest BCUT2D eigenvalue weighted by atomic mass is 79.9. The number of ketones is 1. The second kappa shape index (κ2) is 3.25. The number of nitrogens with zero attached hydrogens (tertiary/aromatic N) is 2. The van der Waals surface area contributed by atoms with E-state index in [9.17, 15) is 4.79 Å². The third-order valence-electron chi connectivity index (χ3n) is 2.40. The molecule has 0 aromatic carbocycles.